The average Bonchev–Trinajstić information content (AvgIpc) is 3.05. The van der Waals surface area contributed by atoms with Gasteiger partial charge in [-0.3, -0.25) is 9.59 Å². The molecule has 1 heterocycles. The highest BCUT2D eigenvalue weighted by Gasteiger charge is 2.46. The second-order valence-corrected chi connectivity index (χ2v) is 8.12. The predicted octanol–water partition coefficient (Wildman–Crippen LogP) is 4.85. The molecule has 1 N–H and O–H groups in total. The number of hydrogen-bond acceptors (Lipinski definition) is 4. The molecule has 1 fully saturated rings. The summed E-state index contributed by atoms with van der Waals surface area (Å²) in [5.41, 5.74) is 1.52. The topological polar surface area (TPSA) is 79.0 Å². The van der Waals surface area contributed by atoms with E-state index in [1.165, 1.54) is 29.2 Å². The van der Waals surface area contributed by atoms with Crippen LogP contribution in [0.2, 0.25) is 5.02 Å². The van der Waals surface area contributed by atoms with Crippen molar-refractivity contribution in [2.75, 3.05) is 17.3 Å². The summed E-state index contributed by atoms with van der Waals surface area (Å²) in [6.07, 6.45) is -0.262. The van der Waals surface area contributed by atoms with Crippen molar-refractivity contribution < 1.29 is 23.5 Å². The molecule has 3 aromatic carbocycles. The minimum absolute atomic E-state index is 0.118. The van der Waals surface area contributed by atoms with E-state index < -0.39 is 29.7 Å². The molecule has 0 radical (unpaired) electrons. The van der Waals surface area contributed by atoms with Crippen molar-refractivity contribution in [3.8, 4) is 5.75 Å². The molecule has 0 bridgehead atoms. The normalized spacial score (nSPS) is 15.6. The molecule has 34 heavy (non-hydrogen) atoms. The van der Waals surface area contributed by atoms with E-state index in [0.717, 1.165) is 10.5 Å². The smallest absolute Gasteiger partial charge is 0.332 e. The van der Waals surface area contributed by atoms with Crippen LogP contribution in [0.5, 0.6) is 5.75 Å². The van der Waals surface area contributed by atoms with E-state index in [9.17, 15) is 18.8 Å². The van der Waals surface area contributed by atoms with Crippen molar-refractivity contribution in [3.05, 3.63) is 89.2 Å². The van der Waals surface area contributed by atoms with Gasteiger partial charge in [-0.1, -0.05) is 23.7 Å². The Labute approximate surface area is 200 Å². The molecule has 4 amide bonds. The van der Waals surface area contributed by atoms with E-state index in [0.29, 0.717) is 22.1 Å². The number of methoxy groups -OCH3 is 1. The van der Waals surface area contributed by atoms with E-state index in [-0.39, 0.29) is 13.0 Å². The summed E-state index contributed by atoms with van der Waals surface area (Å²) in [5, 5.41) is 3.11. The number of carbonyl (C=O) groups is 3. The van der Waals surface area contributed by atoms with Crippen LogP contribution >= 0.6 is 11.6 Å². The lowest BCUT2D eigenvalue weighted by Gasteiger charge is -2.22. The zero-order valence-corrected chi connectivity index (χ0v) is 19.0. The molecule has 0 aliphatic carbocycles. The van der Waals surface area contributed by atoms with Crippen LogP contribution in [0.3, 0.4) is 0 Å². The summed E-state index contributed by atoms with van der Waals surface area (Å²) < 4.78 is 18.3. The molecule has 4 rings (SSSR count). The second kappa shape index (κ2) is 9.93. The fourth-order valence-corrected chi connectivity index (χ4v) is 3.82. The van der Waals surface area contributed by atoms with Gasteiger partial charge in [0, 0.05) is 17.3 Å². The van der Waals surface area contributed by atoms with E-state index in [4.69, 9.17) is 16.3 Å². The zero-order chi connectivity index (χ0) is 24.2. The number of imide groups is 1. The van der Waals surface area contributed by atoms with Crippen molar-refractivity contribution in [3.63, 3.8) is 0 Å². The first-order valence-electron chi connectivity index (χ1n) is 10.4. The number of anilines is 2. The van der Waals surface area contributed by atoms with Gasteiger partial charge in [-0.2, -0.15) is 0 Å². The molecule has 9 heteroatoms. The van der Waals surface area contributed by atoms with E-state index in [1.54, 1.807) is 55.6 Å². The second-order valence-electron chi connectivity index (χ2n) is 7.68. The monoisotopic (exact) mass is 481 g/mol. The summed E-state index contributed by atoms with van der Waals surface area (Å²) in [6.45, 7) is 0.118. The number of urea groups is 1. The van der Waals surface area contributed by atoms with E-state index in [2.05, 4.69) is 5.32 Å². The van der Waals surface area contributed by atoms with Crippen LogP contribution in [-0.4, -0.2) is 35.9 Å². The lowest BCUT2D eigenvalue weighted by molar-refractivity contribution is -0.124. The van der Waals surface area contributed by atoms with Gasteiger partial charge in [0.15, 0.2) is 0 Å². The fourth-order valence-electron chi connectivity index (χ4n) is 3.69. The standard InChI is InChI=1S/C25H21ClFN3O4/c1-34-21-12-2-16(3-13-21)15-29-22(14-23(31)28-19-8-6-18(27)7-9-19)24(32)30(25(29)33)20-10-4-17(26)5-11-20/h2-13,22H,14-15H2,1H3,(H,28,31). The molecule has 7 nitrogen and oxygen atoms in total. The Balaban J connectivity index is 1.59. The molecular weight excluding hydrogens is 461 g/mol. The summed E-state index contributed by atoms with van der Waals surface area (Å²) in [4.78, 5) is 41.8. The highest BCUT2D eigenvalue weighted by Crippen LogP contribution is 2.30. The Bertz CT molecular complexity index is 1200. The quantitative estimate of drug-likeness (QED) is 0.489. The minimum Gasteiger partial charge on any atom is -0.497 e. The summed E-state index contributed by atoms with van der Waals surface area (Å²) in [7, 11) is 1.55. The first-order chi connectivity index (χ1) is 16.4. The Morgan fingerprint density at radius 1 is 1.00 bits per heavy atom. The van der Waals surface area contributed by atoms with Gasteiger partial charge in [0.2, 0.25) is 5.91 Å². The third-order valence-corrected chi connectivity index (χ3v) is 5.67. The average molecular weight is 482 g/mol. The summed E-state index contributed by atoms with van der Waals surface area (Å²) in [5.74, 6) is -0.769. The van der Waals surface area contributed by atoms with Crippen molar-refractivity contribution in [2.24, 2.45) is 0 Å². The molecule has 1 saturated heterocycles. The number of benzene rings is 3. The molecule has 1 atom stereocenters. The van der Waals surface area contributed by atoms with E-state index in [1.807, 2.05) is 0 Å². The number of carbonyl (C=O) groups excluding carboxylic acids is 3. The van der Waals surface area contributed by atoms with Crippen molar-refractivity contribution in [1.29, 1.82) is 0 Å². The van der Waals surface area contributed by atoms with Crippen molar-refractivity contribution in [1.82, 2.24) is 4.90 Å². The molecule has 0 saturated carbocycles. The number of ether oxygens (including phenoxy) is 1. The van der Waals surface area contributed by atoms with Crippen LogP contribution in [0.4, 0.5) is 20.6 Å². The lowest BCUT2D eigenvalue weighted by atomic mass is 10.1. The Hall–Kier alpha value is -3.91. The minimum atomic E-state index is -1.02. The number of hydrogen-bond donors (Lipinski definition) is 1. The lowest BCUT2D eigenvalue weighted by Crippen LogP contribution is -2.37. The molecule has 174 valence electrons. The highest BCUT2D eigenvalue weighted by atomic mass is 35.5. The SMILES string of the molecule is COc1ccc(CN2C(=O)N(c3ccc(Cl)cc3)C(=O)C2CC(=O)Nc2ccc(F)cc2)cc1. The fraction of sp³-hybridized carbons (Fsp3) is 0.160. The maximum atomic E-state index is 13.3. The maximum absolute atomic E-state index is 13.3. The van der Waals surface area contributed by atoms with Crippen molar-refractivity contribution >= 4 is 40.8 Å². The molecular formula is C25H21ClFN3O4. The molecule has 0 spiro atoms. The Morgan fingerprint density at radius 2 is 1.65 bits per heavy atom. The van der Waals surface area contributed by atoms with E-state index >= 15 is 0 Å². The summed E-state index contributed by atoms with van der Waals surface area (Å²) in [6, 6.07) is 17.1. The van der Waals surface area contributed by atoms with Gasteiger partial charge in [0.25, 0.3) is 5.91 Å². The number of rotatable bonds is 7. The molecule has 1 aliphatic rings. The van der Waals surface area contributed by atoms with Gasteiger partial charge < -0.3 is 15.0 Å². The number of nitrogens with one attached hydrogen (secondary N) is 1. The van der Waals surface area contributed by atoms with Gasteiger partial charge in [-0.25, -0.2) is 14.1 Å². The van der Waals surface area contributed by atoms with Crippen LogP contribution in [0, 0.1) is 5.82 Å². The predicted molar refractivity (Wildman–Crippen MR) is 126 cm³/mol. The highest BCUT2D eigenvalue weighted by molar-refractivity contribution is 6.30. The summed E-state index contributed by atoms with van der Waals surface area (Å²) >= 11 is 5.95. The molecule has 0 aromatic heterocycles. The van der Waals surface area contributed by atoms with Gasteiger partial charge in [-0.05, 0) is 66.2 Å². The zero-order valence-electron chi connectivity index (χ0n) is 18.2. The van der Waals surface area contributed by atoms with Gasteiger partial charge in [0.05, 0.1) is 19.2 Å². The van der Waals surface area contributed by atoms with Crippen LogP contribution in [0.25, 0.3) is 0 Å². The number of halogens is 2. The molecule has 3 aromatic rings. The largest absolute Gasteiger partial charge is 0.497 e. The van der Waals surface area contributed by atoms with Crippen molar-refractivity contribution in [2.45, 2.75) is 19.0 Å². The molecule has 1 unspecified atom stereocenters. The van der Waals surface area contributed by atoms with Crippen LogP contribution < -0.4 is 15.0 Å². The number of nitrogens with zero attached hydrogens (tertiary/aromatic N) is 2. The third-order valence-electron chi connectivity index (χ3n) is 5.42. The van der Waals surface area contributed by atoms with Gasteiger partial charge in [0.1, 0.15) is 17.6 Å². The van der Waals surface area contributed by atoms with Crippen LogP contribution in [0.15, 0.2) is 72.8 Å². The maximum Gasteiger partial charge on any atom is 0.332 e. The van der Waals surface area contributed by atoms with Crippen LogP contribution in [-0.2, 0) is 16.1 Å². The Morgan fingerprint density at radius 3 is 2.26 bits per heavy atom. The Kier molecular flexibility index (Phi) is 6.79. The van der Waals surface area contributed by atoms with Gasteiger partial charge in [-0.15, -0.1) is 0 Å². The molecule has 1 aliphatic heterocycles. The van der Waals surface area contributed by atoms with Crippen LogP contribution in [0.1, 0.15) is 12.0 Å². The van der Waals surface area contributed by atoms with Gasteiger partial charge >= 0.3 is 6.03 Å². The first-order valence-corrected chi connectivity index (χ1v) is 10.8. The third kappa shape index (κ3) is 5.02. The first kappa shape index (κ1) is 23.3. The number of amides is 4.